The minimum atomic E-state index is 0.0821. The number of carbonyl (C=O) groups is 1. The summed E-state index contributed by atoms with van der Waals surface area (Å²) in [6.45, 7) is 6.86. The lowest BCUT2D eigenvalue weighted by Crippen LogP contribution is -2.49. The van der Waals surface area contributed by atoms with Crippen LogP contribution in [0.15, 0.2) is 30.3 Å². The summed E-state index contributed by atoms with van der Waals surface area (Å²) in [5.74, 6) is 0.982. The Kier molecular flexibility index (Phi) is 6.36. The molecule has 25 heavy (non-hydrogen) atoms. The van der Waals surface area contributed by atoms with Crippen molar-refractivity contribution in [1.82, 2.24) is 19.4 Å². The zero-order valence-electron chi connectivity index (χ0n) is 14.6. The van der Waals surface area contributed by atoms with Crippen LogP contribution in [0.25, 0.3) is 0 Å². The van der Waals surface area contributed by atoms with Gasteiger partial charge in [0.2, 0.25) is 0 Å². The molecular weight excluding hydrogens is 336 g/mol. The van der Waals surface area contributed by atoms with Crippen LogP contribution in [0.4, 0.5) is 0 Å². The van der Waals surface area contributed by atoms with Gasteiger partial charge in [-0.25, -0.2) is 0 Å². The zero-order chi connectivity index (χ0) is 17.5. The van der Waals surface area contributed by atoms with E-state index in [9.17, 15) is 4.79 Å². The molecule has 2 aromatic rings. The fraction of sp³-hybridized carbons (Fsp3) is 0.500. The van der Waals surface area contributed by atoms with Crippen LogP contribution in [-0.4, -0.2) is 64.6 Å². The van der Waals surface area contributed by atoms with E-state index in [4.69, 9.17) is 4.74 Å². The normalized spacial score (nSPS) is 15.3. The number of hydrogen-bond donors (Lipinski definition) is 0. The summed E-state index contributed by atoms with van der Waals surface area (Å²) < 4.78 is 9.71. The van der Waals surface area contributed by atoms with Crippen molar-refractivity contribution >= 4 is 17.4 Å². The topological polar surface area (TPSA) is 58.6 Å². The van der Waals surface area contributed by atoms with Crippen molar-refractivity contribution in [3.8, 4) is 5.75 Å². The number of aromatic nitrogens is 2. The Morgan fingerprint density at radius 3 is 2.68 bits per heavy atom. The van der Waals surface area contributed by atoms with Crippen molar-refractivity contribution in [1.29, 1.82) is 0 Å². The maximum Gasteiger partial charge on any atom is 0.267 e. The summed E-state index contributed by atoms with van der Waals surface area (Å²) in [5, 5.41) is 4.10. The van der Waals surface area contributed by atoms with E-state index >= 15 is 0 Å². The van der Waals surface area contributed by atoms with Gasteiger partial charge in [0.05, 0.1) is 5.69 Å². The third-order valence-corrected chi connectivity index (χ3v) is 5.07. The fourth-order valence-electron chi connectivity index (χ4n) is 2.90. The van der Waals surface area contributed by atoms with E-state index in [1.807, 2.05) is 35.2 Å². The predicted octanol–water partition coefficient (Wildman–Crippen LogP) is 2.33. The molecule has 0 atom stereocenters. The summed E-state index contributed by atoms with van der Waals surface area (Å²) in [6.07, 6.45) is 1.79. The van der Waals surface area contributed by atoms with Crippen LogP contribution in [0.5, 0.6) is 5.75 Å². The second kappa shape index (κ2) is 8.92. The summed E-state index contributed by atoms with van der Waals surface area (Å²) in [4.78, 5) is 17.6. The molecule has 0 spiro atoms. The van der Waals surface area contributed by atoms with Crippen molar-refractivity contribution in [3.63, 3.8) is 0 Å². The van der Waals surface area contributed by atoms with Gasteiger partial charge < -0.3 is 9.64 Å². The second-order valence-corrected chi connectivity index (χ2v) is 6.85. The van der Waals surface area contributed by atoms with E-state index in [0.29, 0.717) is 11.5 Å². The van der Waals surface area contributed by atoms with Crippen LogP contribution in [-0.2, 0) is 6.42 Å². The molecule has 1 fully saturated rings. The first kappa shape index (κ1) is 17.8. The first-order valence-corrected chi connectivity index (χ1v) is 9.56. The van der Waals surface area contributed by atoms with Gasteiger partial charge in [-0.05, 0) is 30.1 Å². The van der Waals surface area contributed by atoms with Gasteiger partial charge in [-0.3, -0.25) is 9.69 Å². The first-order valence-electron chi connectivity index (χ1n) is 8.78. The Morgan fingerprint density at radius 2 is 1.96 bits per heavy atom. The smallest absolute Gasteiger partial charge is 0.267 e. The maximum atomic E-state index is 12.7. The van der Waals surface area contributed by atoms with Crippen LogP contribution in [0.2, 0.25) is 0 Å². The monoisotopic (exact) mass is 360 g/mol. The van der Waals surface area contributed by atoms with Crippen molar-refractivity contribution < 1.29 is 9.53 Å². The highest BCUT2D eigenvalue weighted by molar-refractivity contribution is 7.08. The molecule has 0 unspecified atom stereocenters. The Morgan fingerprint density at radius 1 is 1.20 bits per heavy atom. The van der Waals surface area contributed by atoms with Crippen LogP contribution >= 0.6 is 11.5 Å². The van der Waals surface area contributed by atoms with Gasteiger partial charge in [0.25, 0.3) is 5.91 Å². The molecule has 0 saturated carbocycles. The Balaban J connectivity index is 1.43. The highest BCUT2D eigenvalue weighted by atomic mass is 32.1. The number of aryl methyl sites for hydroxylation is 1. The van der Waals surface area contributed by atoms with Crippen molar-refractivity contribution in [3.05, 3.63) is 40.9 Å². The van der Waals surface area contributed by atoms with Gasteiger partial charge in [0.15, 0.2) is 0 Å². The number of para-hydroxylation sites is 1. The van der Waals surface area contributed by atoms with Crippen LogP contribution in [0.3, 0.4) is 0 Å². The van der Waals surface area contributed by atoms with Crippen LogP contribution < -0.4 is 4.74 Å². The number of amides is 1. The molecule has 3 rings (SSSR count). The summed E-state index contributed by atoms with van der Waals surface area (Å²) in [7, 11) is 0. The number of piperazine rings is 1. The molecule has 1 aliphatic heterocycles. The fourth-order valence-corrected chi connectivity index (χ4v) is 3.58. The lowest BCUT2D eigenvalue weighted by Gasteiger charge is -2.34. The summed E-state index contributed by atoms with van der Waals surface area (Å²) in [6, 6.07) is 9.86. The maximum absolute atomic E-state index is 12.7. The number of rotatable bonds is 7. The Bertz CT molecular complexity index is 669. The number of ether oxygens (including phenoxy) is 1. The summed E-state index contributed by atoms with van der Waals surface area (Å²) in [5.41, 5.74) is 0.844. The first-order chi connectivity index (χ1) is 12.3. The quantitative estimate of drug-likeness (QED) is 0.758. The van der Waals surface area contributed by atoms with Gasteiger partial charge in [-0.15, -0.1) is 5.10 Å². The molecular formula is C18H24N4O2S. The highest BCUT2D eigenvalue weighted by Crippen LogP contribution is 2.17. The number of hydrogen-bond acceptors (Lipinski definition) is 6. The Hall–Kier alpha value is -1.99. The van der Waals surface area contributed by atoms with E-state index in [2.05, 4.69) is 21.4 Å². The minimum absolute atomic E-state index is 0.0821. The number of carbonyl (C=O) groups excluding carboxylic acids is 1. The lowest BCUT2D eigenvalue weighted by atomic mass is 10.2. The molecule has 0 N–H and O–H groups in total. The minimum Gasteiger partial charge on any atom is -0.492 e. The summed E-state index contributed by atoms with van der Waals surface area (Å²) >= 11 is 1.22. The molecule has 1 aromatic carbocycles. The van der Waals surface area contributed by atoms with Gasteiger partial charge in [0, 0.05) is 32.7 Å². The van der Waals surface area contributed by atoms with E-state index in [-0.39, 0.29) is 5.91 Å². The molecule has 0 aliphatic carbocycles. The van der Waals surface area contributed by atoms with Gasteiger partial charge >= 0.3 is 0 Å². The molecule has 0 bridgehead atoms. The van der Waals surface area contributed by atoms with E-state index in [1.165, 1.54) is 11.5 Å². The van der Waals surface area contributed by atoms with Crippen molar-refractivity contribution in [2.45, 2.75) is 19.8 Å². The third kappa shape index (κ3) is 4.76. The highest BCUT2D eigenvalue weighted by Gasteiger charge is 2.25. The SMILES string of the molecule is CCCc1nnsc1C(=O)N1CCN(CCOc2ccccc2)CC1. The van der Waals surface area contributed by atoms with Gasteiger partial charge in [0.1, 0.15) is 17.2 Å². The molecule has 1 amide bonds. The molecule has 1 aromatic heterocycles. The largest absolute Gasteiger partial charge is 0.492 e. The molecule has 7 heteroatoms. The van der Waals surface area contributed by atoms with Gasteiger partial charge in [-0.1, -0.05) is 36.0 Å². The lowest BCUT2D eigenvalue weighted by molar-refractivity contribution is 0.0623. The van der Waals surface area contributed by atoms with E-state index < -0.39 is 0 Å². The predicted molar refractivity (Wildman–Crippen MR) is 98.2 cm³/mol. The average molecular weight is 360 g/mol. The second-order valence-electron chi connectivity index (χ2n) is 6.09. The standard InChI is InChI=1S/C18H24N4O2S/c1-2-6-16-17(25-20-19-16)18(23)22-11-9-21(10-12-22)13-14-24-15-7-4-3-5-8-15/h3-5,7-8H,2,6,9-14H2,1H3. The van der Waals surface area contributed by atoms with Crippen molar-refractivity contribution in [2.75, 3.05) is 39.3 Å². The van der Waals surface area contributed by atoms with Gasteiger partial charge in [-0.2, -0.15) is 0 Å². The van der Waals surface area contributed by atoms with Crippen LogP contribution in [0, 0.1) is 0 Å². The molecule has 6 nitrogen and oxygen atoms in total. The molecule has 1 aliphatic rings. The number of nitrogens with zero attached hydrogens (tertiary/aromatic N) is 4. The number of benzene rings is 1. The van der Waals surface area contributed by atoms with E-state index in [1.54, 1.807) is 0 Å². The molecule has 1 saturated heterocycles. The van der Waals surface area contributed by atoms with E-state index in [0.717, 1.165) is 57.0 Å². The molecule has 0 radical (unpaired) electrons. The van der Waals surface area contributed by atoms with Crippen molar-refractivity contribution in [2.24, 2.45) is 0 Å². The zero-order valence-corrected chi connectivity index (χ0v) is 15.4. The van der Waals surface area contributed by atoms with Crippen LogP contribution in [0.1, 0.15) is 28.7 Å². The molecule has 2 heterocycles. The molecule has 134 valence electrons. The third-order valence-electron chi connectivity index (χ3n) is 4.32. The average Bonchev–Trinajstić information content (AvgIpc) is 3.11. The Labute approximate surface area is 152 Å².